The van der Waals surface area contributed by atoms with Gasteiger partial charge in [-0.05, 0) is 54.0 Å². The van der Waals surface area contributed by atoms with Gasteiger partial charge in [-0.3, -0.25) is 0 Å². The van der Waals surface area contributed by atoms with Gasteiger partial charge in [0, 0.05) is 49.7 Å². The van der Waals surface area contributed by atoms with E-state index in [0.717, 1.165) is 48.7 Å². The number of halogens is 2. The number of hydrogen-bond donors (Lipinski definition) is 0. The van der Waals surface area contributed by atoms with Gasteiger partial charge in [0.1, 0.15) is 18.7 Å². The zero-order chi connectivity index (χ0) is 25.5. The molecule has 0 spiro atoms. The van der Waals surface area contributed by atoms with E-state index in [2.05, 4.69) is 40.9 Å². The second-order valence-corrected chi connectivity index (χ2v) is 9.86. The van der Waals surface area contributed by atoms with Crippen molar-refractivity contribution >= 4 is 0 Å². The van der Waals surface area contributed by atoms with Gasteiger partial charge in [0.25, 0.3) is 5.69 Å². The standard InChI is InChI=1S/C28H32F2N6/c1-5-27(3)21-18-20(29)19-22(30)25(21)23-12-8-10-16-35(23)28(27,6-2)14-11-17-36-26(31-32-33-36)24-13-7-9-15-34(24)4/h7-10,12-13,15-16,18-19H,5-6,11,14,17H2,1-4H3/q+2. The lowest BCUT2D eigenvalue weighted by Gasteiger charge is -2.48. The van der Waals surface area contributed by atoms with E-state index in [9.17, 15) is 4.39 Å². The molecule has 0 fully saturated rings. The Kier molecular flexibility index (Phi) is 6.14. The lowest BCUT2D eigenvalue weighted by atomic mass is 9.58. The molecule has 0 saturated carbocycles. The lowest BCUT2D eigenvalue weighted by Crippen LogP contribution is -2.69. The second kappa shape index (κ2) is 9.15. The molecule has 0 radical (unpaired) electrons. The van der Waals surface area contributed by atoms with Crippen molar-refractivity contribution in [3.63, 3.8) is 0 Å². The predicted molar refractivity (Wildman–Crippen MR) is 132 cm³/mol. The number of nitrogens with zero attached hydrogens (tertiary/aromatic N) is 6. The number of tetrazole rings is 1. The van der Waals surface area contributed by atoms with E-state index in [1.165, 1.54) is 6.07 Å². The minimum atomic E-state index is -0.533. The quantitative estimate of drug-likeness (QED) is 0.354. The molecule has 1 aliphatic heterocycles. The average Bonchev–Trinajstić information content (AvgIpc) is 3.34. The smallest absolute Gasteiger partial charge is 0.220 e. The first kappa shape index (κ1) is 24.2. The number of aryl methyl sites for hydroxylation is 2. The molecular weight excluding hydrogens is 458 g/mol. The average molecular weight is 491 g/mol. The van der Waals surface area contributed by atoms with Crippen molar-refractivity contribution in [2.75, 3.05) is 0 Å². The zero-order valence-electron chi connectivity index (χ0n) is 21.2. The summed E-state index contributed by atoms with van der Waals surface area (Å²) in [6, 6.07) is 14.3. The Balaban J connectivity index is 1.55. The van der Waals surface area contributed by atoms with Gasteiger partial charge in [-0.1, -0.05) is 13.8 Å². The number of fused-ring (bicyclic) bond motifs is 3. The maximum Gasteiger partial charge on any atom is 0.251 e. The van der Waals surface area contributed by atoms with E-state index >= 15 is 4.39 Å². The SMILES string of the molecule is CCC1(C)c2cc(F)cc(F)c2-c2cccc[n+]2C1(CC)CCCn1nnnc1-c1cccc[n+]1C. The maximum absolute atomic E-state index is 15.2. The third kappa shape index (κ3) is 3.53. The van der Waals surface area contributed by atoms with Crippen LogP contribution >= 0.6 is 0 Å². The summed E-state index contributed by atoms with van der Waals surface area (Å²) in [5.74, 6) is -0.328. The van der Waals surface area contributed by atoms with Gasteiger partial charge in [-0.2, -0.15) is 9.13 Å². The van der Waals surface area contributed by atoms with E-state index in [1.807, 2.05) is 65.1 Å². The van der Waals surface area contributed by atoms with Crippen LogP contribution < -0.4 is 9.13 Å². The number of hydrogen-bond acceptors (Lipinski definition) is 3. The Bertz CT molecular complexity index is 1420. The summed E-state index contributed by atoms with van der Waals surface area (Å²) in [4.78, 5) is 0. The van der Waals surface area contributed by atoms with Crippen LogP contribution in [0.15, 0.2) is 60.9 Å². The van der Waals surface area contributed by atoms with Crippen LogP contribution in [0.1, 0.15) is 52.0 Å². The molecule has 36 heavy (non-hydrogen) atoms. The first-order valence-electron chi connectivity index (χ1n) is 12.6. The fraction of sp³-hybridized carbons (Fsp3) is 0.393. The van der Waals surface area contributed by atoms with Crippen molar-refractivity contribution in [1.29, 1.82) is 0 Å². The molecule has 2 unspecified atom stereocenters. The molecule has 8 heteroatoms. The molecular formula is C28H32F2N6+2. The molecule has 186 valence electrons. The summed E-state index contributed by atoms with van der Waals surface area (Å²) in [6.07, 6.45) is 7.17. The van der Waals surface area contributed by atoms with Gasteiger partial charge < -0.3 is 0 Å². The first-order chi connectivity index (χ1) is 17.4. The lowest BCUT2D eigenvalue weighted by molar-refractivity contribution is -0.770. The topological polar surface area (TPSA) is 51.4 Å². The van der Waals surface area contributed by atoms with Gasteiger partial charge in [0.05, 0.1) is 11.0 Å². The normalized spacial score (nSPS) is 20.7. The summed E-state index contributed by atoms with van der Waals surface area (Å²) in [5, 5.41) is 12.5. The van der Waals surface area contributed by atoms with Crippen LogP contribution in [0.2, 0.25) is 0 Å². The number of aromatic nitrogens is 6. The minimum absolute atomic E-state index is 0.378. The van der Waals surface area contributed by atoms with E-state index < -0.39 is 17.0 Å². The summed E-state index contributed by atoms with van der Waals surface area (Å²) >= 11 is 0. The van der Waals surface area contributed by atoms with Gasteiger partial charge in [0.2, 0.25) is 11.5 Å². The van der Waals surface area contributed by atoms with Crippen molar-refractivity contribution in [3.05, 3.63) is 78.1 Å². The second-order valence-electron chi connectivity index (χ2n) is 9.86. The molecule has 0 saturated heterocycles. The number of pyridine rings is 2. The Morgan fingerprint density at radius 3 is 2.44 bits per heavy atom. The van der Waals surface area contributed by atoms with Crippen LogP contribution in [0.4, 0.5) is 8.78 Å². The summed E-state index contributed by atoms with van der Waals surface area (Å²) < 4.78 is 35.9. The molecule has 0 N–H and O–H groups in total. The predicted octanol–water partition coefficient (Wildman–Crippen LogP) is 4.66. The highest BCUT2D eigenvalue weighted by Gasteiger charge is 2.59. The van der Waals surface area contributed by atoms with Crippen molar-refractivity contribution in [2.45, 2.75) is 64.0 Å². The zero-order valence-corrected chi connectivity index (χ0v) is 21.2. The molecule has 5 rings (SSSR count). The van der Waals surface area contributed by atoms with Gasteiger partial charge in [0.15, 0.2) is 17.9 Å². The van der Waals surface area contributed by atoms with E-state index in [1.54, 1.807) is 0 Å². The van der Waals surface area contributed by atoms with Crippen LogP contribution in [0.3, 0.4) is 0 Å². The van der Waals surface area contributed by atoms with Crippen LogP contribution in [0, 0.1) is 11.6 Å². The van der Waals surface area contributed by atoms with Crippen LogP contribution in [0.5, 0.6) is 0 Å². The Labute approximate surface area is 210 Å². The molecule has 0 amide bonds. The highest BCUT2D eigenvalue weighted by Crippen LogP contribution is 2.52. The number of rotatable bonds is 7. The van der Waals surface area contributed by atoms with E-state index in [4.69, 9.17) is 0 Å². The Hall–Kier alpha value is -3.55. The highest BCUT2D eigenvalue weighted by atomic mass is 19.1. The largest absolute Gasteiger partial charge is 0.251 e. The molecule has 1 aliphatic rings. The van der Waals surface area contributed by atoms with Gasteiger partial charge in [-0.25, -0.2) is 13.5 Å². The van der Waals surface area contributed by atoms with Crippen LogP contribution in [0.25, 0.3) is 22.8 Å². The first-order valence-corrected chi connectivity index (χ1v) is 12.6. The van der Waals surface area contributed by atoms with E-state index in [0.29, 0.717) is 17.9 Å². The molecule has 4 aromatic rings. The number of benzene rings is 1. The Morgan fingerprint density at radius 2 is 1.72 bits per heavy atom. The van der Waals surface area contributed by atoms with Crippen molar-refractivity contribution in [1.82, 2.24) is 20.2 Å². The molecule has 6 nitrogen and oxygen atoms in total. The van der Waals surface area contributed by atoms with E-state index in [-0.39, 0.29) is 5.54 Å². The third-order valence-corrected chi connectivity index (χ3v) is 8.32. The third-order valence-electron chi connectivity index (χ3n) is 8.32. The maximum atomic E-state index is 15.2. The van der Waals surface area contributed by atoms with Crippen LogP contribution in [-0.4, -0.2) is 20.2 Å². The Morgan fingerprint density at radius 1 is 0.972 bits per heavy atom. The van der Waals surface area contributed by atoms with Crippen LogP contribution in [-0.2, 0) is 24.5 Å². The fourth-order valence-corrected chi connectivity index (χ4v) is 6.27. The fourth-order valence-electron chi connectivity index (χ4n) is 6.27. The molecule has 2 atom stereocenters. The summed E-state index contributed by atoms with van der Waals surface area (Å²) in [7, 11) is 1.97. The molecule has 0 bridgehead atoms. The molecule has 3 aromatic heterocycles. The summed E-state index contributed by atoms with van der Waals surface area (Å²) in [5.41, 5.74) is 2.12. The molecule has 0 aliphatic carbocycles. The molecule has 4 heterocycles. The van der Waals surface area contributed by atoms with Crippen molar-refractivity contribution < 1.29 is 17.9 Å². The summed E-state index contributed by atoms with van der Waals surface area (Å²) in [6.45, 7) is 7.07. The monoisotopic (exact) mass is 490 g/mol. The van der Waals surface area contributed by atoms with Crippen molar-refractivity contribution in [3.8, 4) is 22.8 Å². The van der Waals surface area contributed by atoms with Gasteiger partial charge >= 0.3 is 0 Å². The highest BCUT2D eigenvalue weighted by molar-refractivity contribution is 5.66. The van der Waals surface area contributed by atoms with Gasteiger partial charge in [-0.15, -0.1) is 5.10 Å². The van der Waals surface area contributed by atoms with Crippen molar-refractivity contribution in [2.24, 2.45) is 7.05 Å². The minimum Gasteiger partial charge on any atom is -0.220 e. The molecule has 1 aromatic carbocycles.